The largest absolute Gasteiger partial charge is 0.454 e. The molecule has 0 aliphatic rings. The van der Waals surface area contributed by atoms with Crippen molar-refractivity contribution in [2.75, 3.05) is 18.2 Å². The molecule has 2 aromatic carbocycles. The molecule has 0 aliphatic carbocycles. The lowest BCUT2D eigenvalue weighted by Gasteiger charge is -2.20. The van der Waals surface area contributed by atoms with Gasteiger partial charge in [-0.2, -0.15) is 0 Å². The molecule has 9 heteroatoms. The monoisotopic (exact) mass is 446 g/mol. The summed E-state index contributed by atoms with van der Waals surface area (Å²) in [6.45, 7) is 2.99. The van der Waals surface area contributed by atoms with E-state index in [4.69, 9.17) is 4.74 Å². The molecule has 0 spiro atoms. The van der Waals surface area contributed by atoms with Crippen LogP contribution in [-0.2, 0) is 35.4 Å². The normalized spacial score (nSPS) is 12.1. The third-order valence-corrected chi connectivity index (χ3v) is 5.48. The van der Waals surface area contributed by atoms with Crippen molar-refractivity contribution in [3.05, 3.63) is 60.2 Å². The molecule has 0 saturated carbocycles. The maximum atomic E-state index is 12.4. The molecule has 0 saturated heterocycles. The highest BCUT2D eigenvalue weighted by molar-refractivity contribution is 7.90. The molecule has 2 rings (SSSR count). The topological polar surface area (TPSA) is 119 Å². The molecular weight excluding hydrogens is 420 g/mol. The molecule has 31 heavy (non-hydrogen) atoms. The van der Waals surface area contributed by atoms with E-state index in [2.05, 4.69) is 10.6 Å². The highest BCUT2D eigenvalue weighted by atomic mass is 32.2. The SMILES string of the molecule is CC(C)[C@H](NC(=O)Cc1ccccc1)C(=O)OCC(=O)Nc1ccc(S(C)(=O)=O)cc1. The Balaban J connectivity index is 1.87. The van der Waals surface area contributed by atoms with Crippen LogP contribution in [0.25, 0.3) is 0 Å². The Kier molecular flexibility index (Phi) is 8.32. The van der Waals surface area contributed by atoms with Gasteiger partial charge in [-0.15, -0.1) is 0 Å². The summed E-state index contributed by atoms with van der Waals surface area (Å²) >= 11 is 0. The van der Waals surface area contributed by atoms with Crippen LogP contribution in [0.2, 0.25) is 0 Å². The lowest BCUT2D eigenvalue weighted by Crippen LogP contribution is -2.46. The van der Waals surface area contributed by atoms with Crippen molar-refractivity contribution in [2.24, 2.45) is 5.92 Å². The van der Waals surface area contributed by atoms with Crippen molar-refractivity contribution in [3.63, 3.8) is 0 Å². The summed E-state index contributed by atoms with van der Waals surface area (Å²) in [6.07, 6.45) is 1.21. The summed E-state index contributed by atoms with van der Waals surface area (Å²) in [5.41, 5.74) is 1.18. The summed E-state index contributed by atoms with van der Waals surface area (Å²) in [6, 6.07) is 13.9. The molecule has 0 unspecified atom stereocenters. The molecule has 0 aromatic heterocycles. The van der Waals surface area contributed by atoms with E-state index in [9.17, 15) is 22.8 Å². The van der Waals surface area contributed by atoms with Crippen molar-refractivity contribution in [1.82, 2.24) is 5.32 Å². The molecule has 0 aliphatic heterocycles. The number of hydrogen-bond acceptors (Lipinski definition) is 6. The predicted octanol–water partition coefficient (Wildman–Crippen LogP) is 1.96. The zero-order valence-corrected chi connectivity index (χ0v) is 18.4. The second-order valence-electron chi connectivity index (χ2n) is 7.40. The van der Waals surface area contributed by atoms with Gasteiger partial charge in [0.15, 0.2) is 16.4 Å². The van der Waals surface area contributed by atoms with Gasteiger partial charge in [-0.25, -0.2) is 13.2 Å². The standard InChI is InChI=1S/C22H26N2O6S/c1-15(2)21(24-19(25)13-16-7-5-4-6-8-16)22(27)30-14-20(26)23-17-9-11-18(12-10-17)31(3,28)29/h4-12,15,21H,13-14H2,1-3H3,(H,23,26)(H,24,25)/t21-/m0/s1. The molecule has 0 heterocycles. The van der Waals surface area contributed by atoms with E-state index in [1.54, 1.807) is 13.8 Å². The van der Waals surface area contributed by atoms with Gasteiger partial charge in [-0.05, 0) is 35.7 Å². The van der Waals surface area contributed by atoms with Crippen molar-refractivity contribution in [1.29, 1.82) is 0 Å². The highest BCUT2D eigenvalue weighted by Gasteiger charge is 2.26. The number of carbonyl (C=O) groups excluding carboxylic acids is 3. The second kappa shape index (κ2) is 10.7. The van der Waals surface area contributed by atoms with Crippen molar-refractivity contribution in [3.8, 4) is 0 Å². The minimum absolute atomic E-state index is 0.126. The fraction of sp³-hybridized carbons (Fsp3) is 0.318. The van der Waals surface area contributed by atoms with E-state index < -0.39 is 34.4 Å². The predicted molar refractivity (Wildman–Crippen MR) is 116 cm³/mol. The van der Waals surface area contributed by atoms with Gasteiger partial charge >= 0.3 is 5.97 Å². The fourth-order valence-electron chi connectivity index (χ4n) is 2.71. The van der Waals surface area contributed by atoms with E-state index in [-0.39, 0.29) is 23.1 Å². The minimum Gasteiger partial charge on any atom is -0.454 e. The summed E-state index contributed by atoms with van der Waals surface area (Å²) in [5.74, 6) is -1.85. The number of anilines is 1. The second-order valence-corrected chi connectivity index (χ2v) is 9.42. The van der Waals surface area contributed by atoms with Crippen molar-refractivity contribution >= 4 is 33.3 Å². The number of nitrogens with one attached hydrogen (secondary N) is 2. The molecule has 1 atom stereocenters. The molecule has 0 radical (unpaired) electrons. The third-order valence-electron chi connectivity index (χ3n) is 4.36. The van der Waals surface area contributed by atoms with E-state index in [0.717, 1.165) is 11.8 Å². The molecule has 0 fully saturated rings. The Morgan fingerprint density at radius 3 is 2.10 bits per heavy atom. The molecule has 2 amide bonds. The number of hydrogen-bond donors (Lipinski definition) is 2. The number of carbonyl (C=O) groups is 3. The van der Waals surface area contributed by atoms with Crippen LogP contribution < -0.4 is 10.6 Å². The van der Waals surface area contributed by atoms with Crippen LogP contribution in [0, 0.1) is 5.92 Å². The van der Waals surface area contributed by atoms with E-state index in [1.807, 2.05) is 30.3 Å². The molecule has 2 aromatic rings. The van der Waals surface area contributed by atoms with Crippen LogP contribution in [0.3, 0.4) is 0 Å². The van der Waals surface area contributed by atoms with E-state index in [1.165, 1.54) is 24.3 Å². The molecule has 2 N–H and O–H groups in total. The Morgan fingerprint density at radius 2 is 1.55 bits per heavy atom. The molecule has 166 valence electrons. The number of esters is 1. The first-order valence-electron chi connectivity index (χ1n) is 9.66. The fourth-order valence-corrected chi connectivity index (χ4v) is 3.34. The molecular formula is C22H26N2O6S. The van der Waals surface area contributed by atoms with Crippen LogP contribution in [0.5, 0.6) is 0 Å². The number of benzene rings is 2. The molecule has 8 nitrogen and oxygen atoms in total. The number of ether oxygens (including phenoxy) is 1. The van der Waals surface area contributed by atoms with Crippen LogP contribution in [-0.4, -0.2) is 45.1 Å². The maximum absolute atomic E-state index is 12.4. The van der Waals surface area contributed by atoms with Crippen LogP contribution >= 0.6 is 0 Å². The number of rotatable bonds is 9. The lowest BCUT2D eigenvalue weighted by atomic mass is 10.0. The molecule has 0 bridgehead atoms. The van der Waals surface area contributed by atoms with Gasteiger partial charge in [0, 0.05) is 11.9 Å². The Bertz CT molecular complexity index is 1020. The van der Waals surface area contributed by atoms with Gasteiger partial charge in [0.2, 0.25) is 5.91 Å². The van der Waals surface area contributed by atoms with Gasteiger partial charge in [-0.1, -0.05) is 44.2 Å². The number of amides is 2. The third kappa shape index (κ3) is 7.86. The first-order chi connectivity index (χ1) is 14.6. The summed E-state index contributed by atoms with van der Waals surface area (Å²) in [5, 5.41) is 5.18. The minimum atomic E-state index is -3.33. The quantitative estimate of drug-likeness (QED) is 0.569. The maximum Gasteiger partial charge on any atom is 0.329 e. The smallest absolute Gasteiger partial charge is 0.329 e. The van der Waals surface area contributed by atoms with Gasteiger partial charge < -0.3 is 15.4 Å². The van der Waals surface area contributed by atoms with Crippen LogP contribution in [0.15, 0.2) is 59.5 Å². The Morgan fingerprint density at radius 1 is 0.935 bits per heavy atom. The van der Waals surface area contributed by atoms with Gasteiger partial charge in [-0.3, -0.25) is 9.59 Å². The van der Waals surface area contributed by atoms with Crippen molar-refractivity contribution in [2.45, 2.75) is 31.2 Å². The number of sulfone groups is 1. The first kappa shape index (κ1) is 24.1. The summed E-state index contributed by atoms with van der Waals surface area (Å²) in [4.78, 5) is 36.9. The van der Waals surface area contributed by atoms with Crippen molar-refractivity contribution < 1.29 is 27.5 Å². The zero-order chi connectivity index (χ0) is 23.0. The van der Waals surface area contributed by atoms with Gasteiger partial charge in [0.25, 0.3) is 5.91 Å². The van der Waals surface area contributed by atoms with Gasteiger partial charge in [0.05, 0.1) is 11.3 Å². The Labute approximate surface area is 181 Å². The van der Waals surface area contributed by atoms with Crippen LogP contribution in [0.1, 0.15) is 19.4 Å². The summed E-state index contributed by atoms with van der Waals surface area (Å²) in [7, 11) is -3.33. The van der Waals surface area contributed by atoms with E-state index in [0.29, 0.717) is 5.69 Å². The van der Waals surface area contributed by atoms with E-state index >= 15 is 0 Å². The van der Waals surface area contributed by atoms with Gasteiger partial charge in [0.1, 0.15) is 6.04 Å². The zero-order valence-electron chi connectivity index (χ0n) is 17.6. The highest BCUT2D eigenvalue weighted by Crippen LogP contribution is 2.14. The van der Waals surface area contributed by atoms with Crippen LogP contribution in [0.4, 0.5) is 5.69 Å². The Hall–Kier alpha value is -3.20. The average molecular weight is 447 g/mol. The lowest BCUT2D eigenvalue weighted by molar-refractivity contribution is -0.151. The summed E-state index contributed by atoms with van der Waals surface area (Å²) < 4.78 is 28.0. The first-order valence-corrected chi connectivity index (χ1v) is 11.6. The average Bonchev–Trinajstić information content (AvgIpc) is 2.70.